The molecule has 0 spiro atoms. The maximum absolute atomic E-state index is 11.7. The number of para-hydroxylation sites is 1. The number of amides is 2. The van der Waals surface area contributed by atoms with E-state index in [0.717, 1.165) is 0 Å². The SMILES string of the molecule is CCNC(=O)[C@H](C)NC(=O)COC(=O)c1ccccc1O. The molecule has 3 N–H and O–H groups in total. The molecule has 1 aromatic rings. The summed E-state index contributed by atoms with van der Waals surface area (Å²) in [7, 11) is 0. The summed E-state index contributed by atoms with van der Waals surface area (Å²) >= 11 is 0. The van der Waals surface area contributed by atoms with Gasteiger partial charge in [0.25, 0.3) is 5.91 Å². The number of nitrogens with one attached hydrogen (secondary N) is 2. The molecule has 0 unspecified atom stereocenters. The second-order valence-corrected chi connectivity index (χ2v) is 4.28. The number of likely N-dealkylation sites (N-methyl/N-ethyl adjacent to an activating group) is 1. The highest BCUT2D eigenvalue weighted by atomic mass is 16.5. The Bertz CT molecular complexity index is 530. The van der Waals surface area contributed by atoms with Crippen molar-refractivity contribution in [1.29, 1.82) is 0 Å². The number of esters is 1. The molecule has 0 aromatic heterocycles. The number of phenolic OH excluding ortho intramolecular Hbond substituents is 1. The lowest BCUT2D eigenvalue weighted by molar-refractivity contribution is -0.130. The molecule has 0 aliphatic heterocycles. The van der Waals surface area contributed by atoms with Crippen LogP contribution in [0.4, 0.5) is 0 Å². The van der Waals surface area contributed by atoms with Crippen molar-refractivity contribution in [1.82, 2.24) is 10.6 Å². The largest absolute Gasteiger partial charge is 0.507 e. The molecule has 0 fully saturated rings. The third-order valence-corrected chi connectivity index (χ3v) is 2.58. The number of hydrogen-bond donors (Lipinski definition) is 3. The average molecular weight is 294 g/mol. The van der Waals surface area contributed by atoms with Crippen molar-refractivity contribution in [2.75, 3.05) is 13.2 Å². The highest BCUT2D eigenvalue weighted by Gasteiger charge is 2.17. The molecule has 0 aliphatic rings. The third-order valence-electron chi connectivity index (χ3n) is 2.58. The van der Waals surface area contributed by atoms with Gasteiger partial charge in [-0.15, -0.1) is 0 Å². The van der Waals surface area contributed by atoms with Gasteiger partial charge < -0.3 is 20.5 Å². The van der Waals surface area contributed by atoms with Gasteiger partial charge in [-0.1, -0.05) is 12.1 Å². The maximum Gasteiger partial charge on any atom is 0.342 e. The molecule has 1 atom stereocenters. The van der Waals surface area contributed by atoms with Crippen LogP contribution in [0.25, 0.3) is 0 Å². The Morgan fingerprint density at radius 1 is 1.29 bits per heavy atom. The number of aromatic hydroxyl groups is 1. The Hall–Kier alpha value is -2.57. The molecule has 0 saturated heterocycles. The van der Waals surface area contributed by atoms with Gasteiger partial charge in [0.15, 0.2) is 6.61 Å². The lowest BCUT2D eigenvalue weighted by Crippen LogP contribution is -2.46. The van der Waals surface area contributed by atoms with E-state index in [-0.39, 0.29) is 17.2 Å². The van der Waals surface area contributed by atoms with E-state index < -0.39 is 24.5 Å². The molecule has 114 valence electrons. The minimum absolute atomic E-state index is 0.0259. The molecule has 7 heteroatoms. The summed E-state index contributed by atoms with van der Waals surface area (Å²) in [6, 6.07) is 5.13. The van der Waals surface area contributed by atoms with Crippen LogP contribution < -0.4 is 10.6 Å². The zero-order chi connectivity index (χ0) is 15.8. The topological polar surface area (TPSA) is 105 Å². The highest BCUT2D eigenvalue weighted by molar-refractivity contribution is 5.94. The fraction of sp³-hybridized carbons (Fsp3) is 0.357. The molecule has 0 radical (unpaired) electrons. The quantitative estimate of drug-likeness (QED) is 0.650. The molecule has 1 rings (SSSR count). The van der Waals surface area contributed by atoms with Crippen molar-refractivity contribution < 1.29 is 24.2 Å². The lowest BCUT2D eigenvalue weighted by Gasteiger charge is -2.13. The summed E-state index contributed by atoms with van der Waals surface area (Å²) in [5.41, 5.74) is -0.0259. The van der Waals surface area contributed by atoms with Crippen LogP contribution in [0.3, 0.4) is 0 Å². The Balaban J connectivity index is 2.45. The Kier molecular flexibility index (Phi) is 6.19. The third kappa shape index (κ3) is 5.13. The fourth-order valence-corrected chi connectivity index (χ4v) is 1.53. The van der Waals surface area contributed by atoms with Crippen LogP contribution in [0.1, 0.15) is 24.2 Å². The predicted molar refractivity (Wildman–Crippen MR) is 74.7 cm³/mol. The van der Waals surface area contributed by atoms with Gasteiger partial charge >= 0.3 is 5.97 Å². The van der Waals surface area contributed by atoms with Crippen LogP contribution in [-0.4, -0.2) is 42.1 Å². The van der Waals surface area contributed by atoms with Crippen LogP contribution in [-0.2, 0) is 14.3 Å². The minimum atomic E-state index is -0.811. The summed E-state index contributed by atoms with van der Waals surface area (Å²) < 4.78 is 4.77. The van der Waals surface area contributed by atoms with Crippen molar-refractivity contribution >= 4 is 17.8 Å². The van der Waals surface area contributed by atoms with Gasteiger partial charge in [-0.25, -0.2) is 4.79 Å². The number of phenols is 1. The molecule has 21 heavy (non-hydrogen) atoms. The van der Waals surface area contributed by atoms with E-state index >= 15 is 0 Å². The van der Waals surface area contributed by atoms with Crippen LogP contribution >= 0.6 is 0 Å². The summed E-state index contributed by atoms with van der Waals surface area (Å²) in [6.45, 7) is 3.21. The van der Waals surface area contributed by atoms with E-state index in [1.54, 1.807) is 19.1 Å². The monoisotopic (exact) mass is 294 g/mol. The van der Waals surface area contributed by atoms with E-state index in [1.807, 2.05) is 0 Å². The van der Waals surface area contributed by atoms with Gasteiger partial charge in [0.2, 0.25) is 5.91 Å². The molecular weight excluding hydrogens is 276 g/mol. The fourth-order valence-electron chi connectivity index (χ4n) is 1.53. The van der Waals surface area contributed by atoms with Crippen molar-refractivity contribution in [3.63, 3.8) is 0 Å². The van der Waals surface area contributed by atoms with Crippen LogP contribution in [0.15, 0.2) is 24.3 Å². The first-order valence-electron chi connectivity index (χ1n) is 6.48. The van der Waals surface area contributed by atoms with E-state index in [2.05, 4.69) is 10.6 Å². The van der Waals surface area contributed by atoms with Gasteiger partial charge in [-0.05, 0) is 26.0 Å². The number of rotatable bonds is 6. The highest BCUT2D eigenvalue weighted by Crippen LogP contribution is 2.16. The predicted octanol–water partition coefficient (Wildman–Crippen LogP) is 0.190. The first kappa shape index (κ1) is 16.5. The van der Waals surface area contributed by atoms with Gasteiger partial charge in [0.05, 0.1) is 0 Å². The molecule has 7 nitrogen and oxygen atoms in total. The summed E-state index contributed by atoms with van der Waals surface area (Å²) in [4.78, 5) is 34.6. The summed E-state index contributed by atoms with van der Waals surface area (Å²) in [5.74, 6) is -1.96. The van der Waals surface area contributed by atoms with Crippen molar-refractivity contribution in [2.45, 2.75) is 19.9 Å². The molecule has 0 bridgehead atoms. The number of hydrogen-bond acceptors (Lipinski definition) is 5. The smallest absolute Gasteiger partial charge is 0.342 e. The van der Waals surface area contributed by atoms with Crippen molar-refractivity contribution in [3.8, 4) is 5.75 Å². The molecule has 0 heterocycles. The van der Waals surface area contributed by atoms with Crippen LogP contribution in [0.2, 0.25) is 0 Å². The minimum Gasteiger partial charge on any atom is -0.507 e. The Morgan fingerprint density at radius 3 is 2.57 bits per heavy atom. The standard InChI is InChI=1S/C14H18N2O5/c1-3-15-13(19)9(2)16-12(18)8-21-14(20)10-6-4-5-7-11(10)17/h4-7,9,17H,3,8H2,1-2H3,(H,15,19)(H,16,18)/t9-/m0/s1. The zero-order valence-corrected chi connectivity index (χ0v) is 11.9. The Morgan fingerprint density at radius 2 is 1.95 bits per heavy atom. The second-order valence-electron chi connectivity index (χ2n) is 4.28. The summed E-state index contributed by atoms with van der Waals surface area (Å²) in [6.07, 6.45) is 0. The number of ether oxygens (including phenoxy) is 1. The molecular formula is C14H18N2O5. The molecule has 2 amide bonds. The van der Waals surface area contributed by atoms with Gasteiger partial charge in [-0.2, -0.15) is 0 Å². The Labute approximate surface area is 122 Å². The molecule has 1 aromatic carbocycles. The van der Waals surface area contributed by atoms with Crippen LogP contribution in [0, 0.1) is 0 Å². The van der Waals surface area contributed by atoms with Gasteiger partial charge in [-0.3, -0.25) is 9.59 Å². The number of carbonyl (C=O) groups is 3. The maximum atomic E-state index is 11.7. The number of carbonyl (C=O) groups excluding carboxylic acids is 3. The van der Waals surface area contributed by atoms with E-state index in [9.17, 15) is 19.5 Å². The normalized spacial score (nSPS) is 11.3. The van der Waals surface area contributed by atoms with Gasteiger partial charge in [0.1, 0.15) is 17.4 Å². The van der Waals surface area contributed by atoms with Crippen molar-refractivity contribution in [2.24, 2.45) is 0 Å². The van der Waals surface area contributed by atoms with E-state index in [1.165, 1.54) is 19.1 Å². The first-order chi connectivity index (χ1) is 9.95. The average Bonchev–Trinajstić information content (AvgIpc) is 2.45. The molecule has 0 saturated carbocycles. The van der Waals surface area contributed by atoms with E-state index in [4.69, 9.17) is 4.74 Å². The summed E-state index contributed by atoms with van der Waals surface area (Å²) in [5, 5.41) is 14.4. The van der Waals surface area contributed by atoms with Crippen LogP contribution in [0.5, 0.6) is 5.75 Å². The zero-order valence-electron chi connectivity index (χ0n) is 11.9. The first-order valence-corrected chi connectivity index (χ1v) is 6.48. The van der Waals surface area contributed by atoms with E-state index in [0.29, 0.717) is 6.54 Å². The van der Waals surface area contributed by atoms with Crippen molar-refractivity contribution in [3.05, 3.63) is 29.8 Å². The molecule has 0 aliphatic carbocycles. The number of benzene rings is 1. The second kappa shape index (κ2) is 7.88. The van der Waals surface area contributed by atoms with Gasteiger partial charge in [0, 0.05) is 6.54 Å². The lowest BCUT2D eigenvalue weighted by atomic mass is 10.2.